The number of hydrogen-bond acceptors (Lipinski definition) is 4. The van der Waals surface area contributed by atoms with Gasteiger partial charge in [0.25, 0.3) is 5.91 Å². The zero-order valence-corrected chi connectivity index (χ0v) is 17.0. The summed E-state index contributed by atoms with van der Waals surface area (Å²) in [7, 11) is 2.92. The molecule has 28 heavy (non-hydrogen) atoms. The molecule has 2 rings (SSSR count). The number of likely N-dealkylation sites (N-methyl/N-ethyl adjacent to an activating group) is 1. The largest absolute Gasteiger partial charge is 0.493 e. The Morgan fingerprint density at radius 2 is 1.79 bits per heavy atom. The zero-order valence-electron chi connectivity index (χ0n) is 15.4. The molecule has 0 aromatic heterocycles. The smallest absolute Gasteiger partial charge is 0.387 e. The number of hydrogen-bond donors (Lipinski definition) is 0. The third-order valence-electron chi connectivity index (χ3n) is 3.79. The summed E-state index contributed by atoms with van der Waals surface area (Å²) in [5.41, 5.74) is 0.657. The first-order chi connectivity index (χ1) is 13.2. The van der Waals surface area contributed by atoms with Crippen LogP contribution in [0.1, 0.15) is 12.5 Å². The van der Waals surface area contributed by atoms with E-state index < -0.39 is 18.5 Å². The van der Waals surface area contributed by atoms with E-state index in [0.29, 0.717) is 15.8 Å². The van der Waals surface area contributed by atoms with Gasteiger partial charge in [0.05, 0.1) is 11.6 Å². The Bertz CT molecular complexity index is 835. The molecule has 0 saturated carbocycles. The SMILES string of the molecule is COc1cc(CN(C)C(=O)C(C)Oc2ccc(F)cc2Br)ccc1OC(F)F. The Morgan fingerprint density at radius 3 is 2.39 bits per heavy atom. The molecule has 0 aliphatic rings. The molecule has 2 aromatic rings. The van der Waals surface area contributed by atoms with Crippen LogP contribution in [0, 0.1) is 5.82 Å². The molecule has 2 aromatic carbocycles. The lowest BCUT2D eigenvalue weighted by Crippen LogP contribution is -2.37. The van der Waals surface area contributed by atoms with Gasteiger partial charge in [0.2, 0.25) is 0 Å². The Labute approximate surface area is 169 Å². The number of carbonyl (C=O) groups is 1. The van der Waals surface area contributed by atoms with Crippen molar-refractivity contribution in [2.24, 2.45) is 0 Å². The average molecular weight is 462 g/mol. The van der Waals surface area contributed by atoms with Crippen molar-refractivity contribution >= 4 is 21.8 Å². The van der Waals surface area contributed by atoms with E-state index >= 15 is 0 Å². The van der Waals surface area contributed by atoms with Crippen molar-refractivity contribution in [2.75, 3.05) is 14.2 Å². The van der Waals surface area contributed by atoms with Crippen molar-refractivity contribution in [3.05, 3.63) is 52.3 Å². The third-order valence-corrected chi connectivity index (χ3v) is 4.41. The van der Waals surface area contributed by atoms with Crippen molar-refractivity contribution in [1.82, 2.24) is 4.90 Å². The van der Waals surface area contributed by atoms with E-state index in [9.17, 15) is 18.0 Å². The van der Waals surface area contributed by atoms with Crippen LogP contribution in [-0.4, -0.2) is 37.7 Å². The summed E-state index contributed by atoms with van der Waals surface area (Å²) in [4.78, 5) is 14.0. The van der Waals surface area contributed by atoms with Crippen LogP contribution in [0.15, 0.2) is 40.9 Å². The van der Waals surface area contributed by atoms with Crippen LogP contribution in [0.2, 0.25) is 0 Å². The molecule has 0 N–H and O–H groups in total. The monoisotopic (exact) mass is 461 g/mol. The van der Waals surface area contributed by atoms with E-state index in [1.165, 1.54) is 42.3 Å². The van der Waals surface area contributed by atoms with E-state index in [1.807, 2.05) is 0 Å². The van der Waals surface area contributed by atoms with Crippen LogP contribution in [0.4, 0.5) is 13.2 Å². The number of nitrogens with zero attached hydrogens (tertiary/aromatic N) is 1. The van der Waals surface area contributed by atoms with Gasteiger partial charge in [-0.1, -0.05) is 6.07 Å². The quantitative estimate of drug-likeness (QED) is 0.575. The maximum atomic E-state index is 13.2. The van der Waals surface area contributed by atoms with Gasteiger partial charge in [-0.3, -0.25) is 4.79 Å². The summed E-state index contributed by atoms with van der Waals surface area (Å²) in [6.45, 7) is -1.19. The van der Waals surface area contributed by atoms with Gasteiger partial charge in [0, 0.05) is 13.6 Å². The van der Waals surface area contributed by atoms with Gasteiger partial charge in [-0.25, -0.2) is 4.39 Å². The van der Waals surface area contributed by atoms with Gasteiger partial charge in [-0.15, -0.1) is 0 Å². The maximum absolute atomic E-state index is 13.2. The number of amides is 1. The highest BCUT2D eigenvalue weighted by Crippen LogP contribution is 2.30. The molecule has 152 valence electrons. The molecular formula is C19H19BrF3NO4. The van der Waals surface area contributed by atoms with Crippen LogP contribution in [0.5, 0.6) is 17.2 Å². The minimum Gasteiger partial charge on any atom is -0.493 e. The minimum absolute atomic E-state index is 0.0897. The summed E-state index contributed by atoms with van der Waals surface area (Å²) >= 11 is 3.19. The summed E-state index contributed by atoms with van der Waals surface area (Å²) in [6.07, 6.45) is -0.824. The molecule has 0 spiro atoms. The molecule has 1 atom stereocenters. The molecular weight excluding hydrogens is 443 g/mol. The van der Waals surface area contributed by atoms with Crippen molar-refractivity contribution in [2.45, 2.75) is 26.2 Å². The second kappa shape index (κ2) is 9.68. The summed E-state index contributed by atoms with van der Waals surface area (Å²) in [6, 6.07) is 8.33. The Kier molecular flexibility index (Phi) is 7.56. The first-order valence-electron chi connectivity index (χ1n) is 8.19. The number of benzene rings is 2. The molecule has 1 amide bonds. The summed E-state index contributed by atoms with van der Waals surface area (Å²) in [5, 5.41) is 0. The fourth-order valence-electron chi connectivity index (χ4n) is 2.48. The topological polar surface area (TPSA) is 48.0 Å². The Balaban J connectivity index is 2.04. The highest BCUT2D eigenvalue weighted by molar-refractivity contribution is 9.10. The normalized spacial score (nSPS) is 11.9. The lowest BCUT2D eigenvalue weighted by atomic mass is 10.2. The molecule has 1 unspecified atom stereocenters. The number of halogens is 4. The van der Waals surface area contributed by atoms with Gasteiger partial charge in [0.15, 0.2) is 17.6 Å². The molecule has 5 nitrogen and oxygen atoms in total. The number of ether oxygens (including phenoxy) is 3. The number of carbonyl (C=O) groups excluding carboxylic acids is 1. The van der Waals surface area contributed by atoms with E-state index in [1.54, 1.807) is 20.0 Å². The van der Waals surface area contributed by atoms with Crippen LogP contribution in [0.3, 0.4) is 0 Å². The predicted octanol–water partition coefficient (Wildman–Crippen LogP) is 4.62. The van der Waals surface area contributed by atoms with Crippen molar-refractivity contribution in [1.29, 1.82) is 0 Å². The van der Waals surface area contributed by atoms with E-state index in [0.717, 1.165) is 0 Å². The van der Waals surface area contributed by atoms with Crippen LogP contribution in [-0.2, 0) is 11.3 Å². The van der Waals surface area contributed by atoms with E-state index in [4.69, 9.17) is 9.47 Å². The second-order valence-corrected chi connectivity index (χ2v) is 6.75. The Morgan fingerprint density at radius 1 is 1.11 bits per heavy atom. The number of methoxy groups -OCH3 is 1. The molecule has 0 fully saturated rings. The third kappa shape index (κ3) is 5.79. The lowest BCUT2D eigenvalue weighted by Gasteiger charge is -2.23. The minimum atomic E-state index is -2.97. The zero-order chi connectivity index (χ0) is 20.8. The Hall–Kier alpha value is -2.42. The van der Waals surface area contributed by atoms with E-state index in [-0.39, 0.29) is 24.0 Å². The van der Waals surface area contributed by atoms with Gasteiger partial charge < -0.3 is 19.1 Å². The molecule has 0 heterocycles. The number of rotatable bonds is 8. The average Bonchev–Trinajstić information content (AvgIpc) is 2.64. The molecule has 0 saturated heterocycles. The van der Waals surface area contributed by atoms with Crippen LogP contribution < -0.4 is 14.2 Å². The maximum Gasteiger partial charge on any atom is 0.387 e. The highest BCUT2D eigenvalue weighted by atomic mass is 79.9. The molecule has 9 heteroatoms. The van der Waals surface area contributed by atoms with Crippen LogP contribution >= 0.6 is 15.9 Å². The fourth-order valence-corrected chi connectivity index (χ4v) is 2.92. The molecule has 0 bridgehead atoms. The number of alkyl halides is 2. The van der Waals surface area contributed by atoms with Crippen molar-refractivity contribution in [3.8, 4) is 17.2 Å². The second-order valence-electron chi connectivity index (χ2n) is 5.89. The highest BCUT2D eigenvalue weighted by Gasteiger charge is 2.21. The summed E-state index contributed by atoms with van der Waals surface area (Å²) < 4.78 is 53.4. The van der Waals surface area contributed by atoms with Gasteiger partial charge in [0.1, 0.15) is 11.6 Å². The first kappa shape index (κ1) is 21.9. The standard InChI is InChI=1S/C19H19BrF3NO4/c1-11(27-15-7-5-13(21)9-14(15)20)18(25)24(2)10-12-4-6-16(28-19(22)23)17(8-12)26-3/h4-9,11,19H,10H2,1-3H3. The molecule has 0 aliphatic heterocycles. The van der Waals surface area contributed by atoms with Crippen LogP contribution in [0.25, 0.3) is 0 Å². The van der Waals surface area contributed by atoms with Gasteiger partial charge in [-0.2, -0.15) is 8.78 Å². The van der Waals surface area contributed by atoms with Gasteiger partial charge in [-0.05, 0) is 58.7 Å². The fraction of sp³-hybridized carbons (Fsp3) is 0.316. The van der Waals surface area contributed by atoms with Gasteiger partial charge >= 0.3 is 6.61 Å². The summed E-state index contributed by atoms with van der Waals surface area (Å²) in [5.74, 6) is -0.358. The van der Waals surface area contributed by atoms with Crippen molar-refractivity contribution < 1.29 is 32.2 Å². The molecule has 0 aliphatic carbocycles. The predicted molar refractivity (Wildman–Crippen MR) is 100 cm³/mol. The van der Waals surface area contributed by atoms with Crippen molar-refractivity contribution in [3.63, 3.8) is 0 Å². The lowest BCUT2D eigenvalue weighted by molar-refractivity contribution is -0.137. The first-order valence-corrected chi connectivity index (χ1v) is 8.99. The molecule has 0 radical (unpaired) electrons. The van der Waals surface area contributed by atoms with E-state index in [2.05, 4.69) is 20.7 Å².